The van der Waals surface area contributed by atoms with Gasteiger partial charge in [0.25, 0.3) is 0 Å². The molecule has 2 unspecified atom stereocenters. The lowest BCUT2D eigenvalue weighted by atomic mass is 10.2. The molecule has 0 spiro atoms. The van der Waals surface area contributed by atoms with Crippen LogP contribution in [0.1, 0.15) is 26.7 Å². The lowest BCUT2D eigenvalue weighted by Gasteiger charge is -2.35. The number of aliphatic hydroxyl groups excluding tert-OH is 1. The Kier molecular flexibility index (Phi) is 4.79. The second-order valence-corrected chi connectivity index (χ2v) is 5.64. The molecule has 2 fully saturated rings. The number of hydrogen-bond acceptors (Lipinski definition) is 4. The van der Waals surface area contributed by atoms with E-state index in [1.165, 1.54) is 12.8 Å². The second kappa shape index (κ2) is 6.14. The molecule has 1 aliphatic heterocycles. The Hall–Kier alpha value is -0.160. The molecule has 2 aliphatic rings. The van der Waals surface area contributed by atoms with E-state index in [1.54, 1.807) is 0 Å². The monoisotopic (exact) mass is 242 g/mol. The minimum Gasteiger partial charge on any atom is -0.392 e. The van der Waals surface area contributed by atoms with Gasteiger partial charge in [-0.2, -0.15) is 0 Å². The maximum atomic E-state index is 9.74. The predicted octanol–water partition coefficient (Wildman–Crippen LogP) is 0.456. The number of ether oxygens (including phenoxy) is 1. The highest BCUT2D eigenvalue weighted by molar-refractivity contribution is 4.83. The Morgan fingerprint density at radius 3 is 2.82 bits per heavy atom. The van der Waals surface area contributed by atoms with Crippen LogP contribution in [0.2, 0.25) is 0 Å². The minimum absolute atomic E-state index is 0.153. The lowest BCUT2D eigenvalue weighted by Crippen LogP contribution is -2.49. The summed E-state index contributed by atoms with van der Waals surface area (Å²) >= 11 is 0. The molecule has 1 aliphatic carbocycles. The predicted molar refractivity (Wildman–Crippen MR) is 68.0 cm³/mol. The van der Waals surface area contributed by atoms with Gasteiger partial charge in [-0.1, -0.05) is 0 Å². The molecule has 0 amide bonds. The highest BCUT2D eigenvalue weighted by Gasteiger charge is 2.29. The van der Waals surface area contributed by atoms with Crippen molar-refractivity contribution in [3.63, 3.8) is 0 Å². The third-order valence-corrected chi connectivity index (χ3v) is 3.79. The Morgan fingerprint density at radius 1 is 1.41 bits per heavy atom. The number of aliphatic hydroxyl groups is 1. The van der Waals surface area contributed by atoms with E-state index in [1.807, 2.05) is 0 Å². The normalized spacial score (nSPS) is 28.6. The molecule has 1 heterocycles. The van der Waals surface area contributed by atoms with Gasteiger partial charge in [0.05, 0.1) is 18.8 Å². The van der Waals surface area contributed by atoms with Crippen LogP contribution in [0.5, 0.6) is 0 Å². The highest BCUT2D eigenvalue weighted by atomic mass is 16.5. The van der Waals surface area contributed by atoms with E-state index in [9.17, 15) is 5.11 Å². The van der Waals surface area contributed by atoms with Crippen LogP contribution in [0, 0.1) is 5.92 Å². The molecule has 0 aromatic heterocycles. The summed E-state index contributed by atoms with van der Waals surface area (Å²) < 4.78 is 5.73. The van der Waals surface area contributed by atoms with Gasteiger partial charge >= 0.3 is 0 Å². The second-order valence-electron chi connectivity index (χ2n) is 5.64. The molecule has 17 heavy (non-hydrogen) atoms. The molecule has 0 aromatic rings. The fraction of sp³-hybridized carbons (Fsp3) is 1.00. The molecule has 100 valence electrons. The van der Waals surface area contributed by atoms with E-state index in [-0.39, 0.29) is 12.2 Å². The van der Waals surface area contributed by atoms with Gasteiger partial charge in [0.15, 0.2) is 0 Å². The van der Waals surface area contributed by atoms with Crippen molar-refractivity contribution in [1.29, 1.82) is 0 Å². The third-order valence-electron chi connectivity index (χ3n) is 3.79. The van der Waals surface area contributed by atoms with Crippen LogP contribution in [0.3, 0.4) is 0 Å². The topological polar surface area (TPSA) is 44.7 Å². The number of nitrogens with zero attached hydrogens (tertiary/aromatic N) is 1. The van der Waals surface area contributed by atoms with Crippen molar-refractivity contribution in [2.75, 3.05) is 32.8 Å². The van der Waals surface area contributed by atoms with Crippen molar-refractivity contribution < 1.29 is 9.84 Å². The zero-order chi connectivity index (χ0) is 12.3. The molecule has 4 nitrogen and oxygen atoms in total. The summed E-state index contributed by atoms with van der Waals surface area (Å²) in [6.07, 6.45) is 2.52. The summed E-state index contributed by atoms with van der Waals surface area (Å²) in [5.74, 6) is 0.557. The van der Waals surface area contributed by atoms with Crippen LogP contribution in [0.15, 0.2) is 0 Å². The van der Waals surface area contributed by atoms with Gasteiger partial charge in [-0.3, -0.25) is 4.90 Å². The molecule has 0 radical (unpaired) electrons. The van der Waals surface area contributed by atoms with E-state index < -0.39 is 0 Å². The number of nitrogens with one attached hydrogen (secondary N) is 1. The highest BCUT2D eigenvalue weighted by Crippen LogP contribution is 2.32. The first kappa shape index (κ1) is 13.3. The molecule has 0 aromatic carbocycles. The quantitative estimate of drug-likeness (QED) is 0.710. The van der Waals surface area contributed by atoms with Crippen molar-refractivity contribution in [2.45, 2.75) is 44.9 Å². The smallest absolute Gasteiger partial charge is 0.0826 e. The van der Waals surface area contributed by atoms with E-state index >= 15 is 0 Å². The molecule has 1 saturated heterocycles. The van der Waals surface area contributed by atoms with Crippen molar-refractivity contribution in [1.82, 2.24) is 10.2 Å². The van der Waals surface area contributed by atoms with Gasteiger partial charge in [0.2, 0.25) is 0 Å². The van der Waals surface area contributed by atoms with Crippen LogP contribution in [0.4, 0.5) is 0 Å². The molecule has 2 rings (SSSR count). The Labute approximate surface area is 104 Å². The molecule has 4 heteroatoms. The number of rotatable bonds is 6. The first-order chi connectivity index (χ1) is 8.16. The lowest BCUT2D eigenvalue weighted by molar-refractivity contribution is -0.0380. The molecule has 1 saturated carbocycles. The van der Waals surface area contributed by atoms with Crippen molar-refractivity contribution in [2.24, 2.45) is 5.92 Å². The van der Waals surface area contributed by atoms with Crippen LogP contribution < -0.4 is 5.32 Å². The summed E-state index contributed by atoms with van der Waals surface area (Å²) in [5, 5.41) is 13.1. The SMILES string of the molecule is CC(C)N1CCOC(CNCC(O)C2CC2)C1. The van der Waals surface area contributed by atoms with Crippen LogP contribution in [0.25, 0.3) is 0 Å². The average molecular weight is 242 g/mol. The summed E-state index contributed by atoms with van der Waals surface area (Å²) in [6.45, 7) is 8.90. The van der Waals surface area contributed by atoms with Gasteiger partial charge in [-0.05, 0) is 32.6 Å². The van der Waals surface area contributed by atoms with Gasteiger partial charge in [-0.15, -0.1) is 0 Å². The maximum absolute atomic E-state index is 9.74. The molecule has 2 N–H and O–H groups in total. The first-order valence-electron chi connectivity index (χ1n) is 6.91. The standard InChI is InChI=1S/C13H26N2O2/c1-10(2)15-5-6-17-12(9-15)7-14-8-13(16)11-3-4-11/h10-14,16H,3-9H2,1-2H3. The van der Waals surface area contributed by atoms with Crippen molar-refractivity contribution in [3.05, 3.63) is 0 Å². The Balaban J connectivity index is 1.61. The number of hydrogen-bond donors (Lipinski definition) is 2. The summed E-state index contributed by atoms with van der Waals surface area (Å²) in [6, 6.07) is 0.596. The average Bonchev–Trinajstić information content (AvgIpc) is 3.13. The Bertz CT molecular complexity index is 231. The van der Waals surface area contributed by atoms with Crippen LogP contribution in [-0.4, -0.2) is 61.0 Å². The van der Waals surface area contributed by atoms with Crippen molar-refractivity contribution >= 4 is 0 Å². The van der Waals surface area contributed by atoms with Crippen molar-refractivity contribution in [3.8, 4) is 0 Å². The third kappa shape index (κ3) is 4.21. The first-order valence-corrected chi connectivity index (χ1v) is 6.91. The molecule has 2 atom stereocenters. The molecular formula is C13H26N2O2. The van der Waals surface area contributed by atoms with Crippen LogP contribution in [-0.2, 0) is 4.74 Å². The Morgan fingerprint density at radius 2 is 2.18 bits per heavy atom. The van der Waals surface area contributed by atoms with Crippen LogP contribution >= 0.6 is 0 Å². The largest absolute Gasteiger partial charge is 0.392 e. The van der Waals surface area contributed by atoms with Gasteiger partial charge < -0.3 is 15.2 Å². The van der Waals surface area contributed by atoms with E-state index in [2.05, 4.69) is 24.1 Å². The zero-order valence-electron chi connectivity index (χ0n) is 11.1. The number of morpholine rings is 1. The van der Waals surface area contributed by atoms with E-state index in [4.69, 9.17) is 4.74 Å². The van der Waals surface area contributed by atoms with Gasteiger partial charge in [0, 0.05) is 32.2 Å². The molecular weight excluding hydrogens is 216 g/mol. The molecule has 0 bridgehead atoms. The zero-order valence-corrected chi connectivity index (χ0v) is 11.1. The summed E-state index contributed by atoms with van der Waals surface area (Å²) in [4.78, 5) is 2.45. The van der Waals surface area contributed by atoms with E-state index in [0.29, 0.717) is 18.5 Å². The summed E-state index contributed by atoms with van der Waals surface area (Å²) in [7, 11) is 0. The fourth-order valence-electron chi connectivity index (χ4n) is 2.37. The maximum Gasteiger partial charge on any atom is 0.0826 e. The van der Waals surface area contributed by atoms with Gasteiger partial charge in [0.1, 0.15) is 0 Å². The van der Waals surface area contributed by atoms with E-state index in [0.717, 1.165) is 26.2 Å². The summed E-state index contributed by atoms with van der Waals surface area (Å²) in [5.41, 5.74) is 0. The minimum atomic E-state index is -0.153. The van der Waals surface area contributed by atoms with Gasteiger partial charge in [-0.25, -0.2) is 0 Å². The fourth-order valence-corrected chi connectivity index (χ4v) is 2.37.